The van der Waals surface area contributed by atoms with Crippen molar-refractivity contribution >= 4 is 17.4 Å². The highest BCUT2D eigenvalue weighted by Gasteiger charge is 2.33. The number of Topliss-reactive ketones (excluding diaryl/α,β-unsaturated/α-hetero) is 1. The molecule has 1 aliphatic rings. The van der Waals surface area contributed by atoms with Gasteiger partial charge in [0, 0.05) is 22.5 Å². The van der Waals surface area contributed by atoms with Crippen LogP contribution in [0.4, 0.5) is 0 Å². The summed E-state index contributed by atoms with van der Waals surface area (Å²) in [5.74, 6) is 0.407. The van der Waals surface area contributed by atoms with Gasteiger partial charge in [0.05, 0.1) is 0 Å². The molecule has 2 rings (SSSR count). The largest absolute Gasteiger partial charge is 0.317 e. The van der Waals surface area contributed by atoms with Gasteiger partial charge in [0.2, 0.25) is 0 Å². The second kappa shape index (κ2) is 4.33. The van der Waals surface area contributed by atoms with Crippen molar-refractivity contribution < 1.29 is 4.79 Å². The molecule has 0 aliphatic heterocycles. The van der Waals surface area contributed by atoms with E-state index < -0.39 is 0 Å². The predicted molar refractivity (Wildman–Crippen MR) is 61.4 cm³/mol. The Bertz CT molecular complexity index is 372. The molecule has 1 aromatic carbocycles. The Morgan fingerprint density at radius 2 is 2.20 bits per heavy atom. The summed E-state index contributed by atoms with van der Waals surface area (Å²) in [5, 5.41) is 3.80. The van der Waals surface area contributed by atoms with E-state index >= 15 is 0 Å². The minimum atomic E-state index is 0.181. The highest BCUT2D eigenvalue weighted by Crippen LogP contribution is 2.30. The molecule has 15 heavy (non-hydrogen) atoms. The lowest BCUT2D eigenvalue weighted by molar-refractivity contribution is 0.0816. The summed E-state index contributed by atoms with van der Waals surface area (Å²) in [6.45, 7) is 0. The van der Waals surface area contributed by atoms with Crippen LogP contribution in [0.5, 0.6) is 0 Å². The molecule has 1 N–H and O–H groups in total. The molecule has 0 aromatic heterocycles. The van der Waals surface area contributed by atoms with Gasteiger partial charge in [0.1, 0.15) is 0 Å². The van der Waals surface area contributed by atoms with E-state index in [1.165, 1.54) is 0 Å². The van der Waals surface area contributed by atoms with Crippen LogP contribution in [0.1, 0.15) is 23.2 Å². The number of halogens is 1. The SMILES string of the molecule is CNC1CC(C(=O)c2cccc(Cl)c2)C1. The fourth-order valence-corrected chi connectivity index (χ4v) is 2.14. The van der Waals surface area contributed by atoms with Crippen LogP contribution in [-0.2, 0) is 0 Å². The molecule has 1 aromatic rings. The van der Waals surface area contributed by atoms with Crippen LogP contribution in [0.15, 0.2) is 24.3 Å². The third-order valence-electron chi connectivity index (χ3n) is 3.03. The fraction of sp³-hybridized carbons (Fsp3) is 0.417. The van der Waals surface area contributed by atoms with Gasteiger partial charge in [-0.25, -0.2) is 0 Å². The van der Waals surface area contributed by atoms with Gasteiger partial charge in [-0.2, -0.15) is 0 Å². The minimum absolute atomic E-state index is 0.181. The molecule has 1 aliphatic carbocycles. The maximum atomic E-state index is 12.0. The number of rotatable bonds is 3. The Labute approximate surface area is 94.6 Å². The van der Waals surface area contributed by atoms with Gasteiger partial charge >= 0.3 is 0 Å². The average Bonchev–Trinajstić information content (AvgIpc) is 2.16. The molecular weight excluding hydrogens is 210 g/mol. The second-order valence-corrected chi connectivity index (χ2v) is 4.46. The van der Waals surface area contributed by atoms with Gasteiger partial charge in [-0.15, -0.1) is 0 Å². The summed E-state index contributed by atoms with van der Waals surface area (Å²) >= 11 is 5.85. The lowest BCUT2D eigenvalue weighted by atomic mass is 9.76. The topological polar surface area (TPSA) is 29.1 Å². The summed E-state index contributed by atoms with van der Waals surface area (Å²) < 4.78 is 0. The highest BCUT2D eigenvalue weighted by molar-refractivity contribution is 6.31. The number of carbonyl (C=O) groups excluding carboxylic acids is 1. The maximum Gasteiger partial charge on any atom is 0.166 e. The van der Waals surface area contributed by atoms with Crippen LogP contribution in [0, 0.1) is 5.92 Å². The molecule has 0 saturated heterocycles. The monoisotopic (exact) mass is 223 g/mol. The van der Waals surface area contributed by atoms with Crippen LogP contribution in [-0.4, -0.2) is 18.9 Å². The number of nitrogens with one attached hydrogen (secondary N) is 1. The standard InChI is InChI=1S/C12H14ClNO/c1-14-11-6-9(7-11)12(15)8-3-2-4-10(13)5-8/h2-5,9,11,14H,6-7H2,1H3. The average molecular weight is 224 g/mol. The molecular formula is C12H14ClNO. The van der Waals surface area contributed by atoms with E-state index in [9.17, 15) is 4.79 Å². The summed E-state index contributed by atoms with van der Waals surface area (Å²) in [5.41, 5.74) is 0.738. The van der Waals surface area contributed by atoms with Crippen molar-refractivity contribution in [1.29, 1.82) is 0 Å². The zero-order valence-electron chi connectivity index (χ0n) is 8.66. The number of benzene rings is 1. The molecule has 0 radical (unpaired) electrons. The maximum absolute atomic E-state index is 12.0. The number of ketones is 1. The van der Waals surface area contributed by atoms with Crippen molar-refractivity contribution in [1.82, 2.24) is 5.32 Å². The smallest absolute Gasteiger partial charge is 0.166 e. The number of hydrogen-bond acceptors (Lipinski definition) is 2. The van der Waals surface area contributed by atoms with Crippen molar-refractivity contribution in [3.8, 4) is 0 Å². The van der Waals surface area contributed by atoms with Crippen LogP contribution >= 0.6 is 11.6 Å². The molecule has 0 heterocycles. The zero-order valence-corrected chi connectivity index (χ0v) is 9.42. The molecule has 2 nitrogen and oxygen atoms in total. The highest BCUT2D eigenvalue weighted by atomic mass is 35.5. The molecule has 0 unspecified atom stereocenters. The molecule has 3 heteroatoms. The van der Waals surface area contributed by atoms with Crippen molar-refractivity contribution in [2.45, 2.75) is 18.9 Å². The first-order chi connectivity index (χ1) is 7.20. The first-order valence-corrected chi connectivity index (χ1v) is 5.55. The summed E-state index contributed by atoms with van der Waals surface area (Å²) in [4.78, 5) is 12.0. The molecule has 0 amide bonds. The Morgan fingerprint density at radius 3 is 2.80 bits per heavy atom. The van der Waals surface area contributed by atoms with Crippen LogP contribution in [0.2, 0.25) is 5.02 Å². The van der Waals surface area contributed by atoms with Crippen LogP contribution in [0.25, 0.3) is 0 Å². The van der Waals surface area contributed by atoms with Gasteiger partial charge in [-0.3, -0.25) is 4.79 Å². The predicted octanol–water partition coefficient (Wildman–Crippen LogP) is 2.52. The van der Waals surface area contributed by atoms with Crippen molar-refractivity contribution in [3.05, 3.63) is 34.9 Å². The van der Waals surface area contributed by atoms with Crippen LogP contribution in [0.3, 0.4) is 0 Å². The van der Waals surface area contributed by atoms with E-state index in [0.717, 1.165) is 18.4 Å². The minimum Gasteiger partial charge on any atom is -0.317 e. The molecule has 0 spiro atoms. The van der Waals surface area contributed by atoms with E-state index in [1.807, 2.05) is 19.2 Å². The molecule has 80 valence electrons. The lowest BCUT2D eigenvalue weighted by Gasteiger charge is -2.33. The Morgan fingerprint density at radius 1 is 1.47 bits per heavy atom. The Balaban J connectivity index is 2.03. The Hall–Kier alpha value is -0.860. The van der Waals surface area contributed by atoms with Crippen molar-refractivity contribution in [3.63, 3.8) is 0 Å². The van der Waals surface area contributed by atoms with E-state index in [1.54, 1.807) is 12.1 Å². The normalized spacial score (nSPS) is 24.7. The third-order valence-corrected chi connectivity index (χ3v) is 3.26. The van der Waals surface area contributed by atoms with Crippen molar-refractivity contribution in [2.24, 2.45) is 5.92 Å². The first kappa shape index (κ1) is 10.7. The molecule has 0 atom stereocenters. The molecule has 0 bridgehead atoms. The van der Waals surface area contributed by atoms with E-state index in [2.05, 4.69) is 5.32 Å². The Kier molecular flexibility index (Phi) is 3.08. The van der Waals surface area contributed by atoms with Crippen LogP contribution < -0.4 is 5.32 Å². The van der Waals surface area contributed by atoms with Gasteiger partial charge < -0.3 is 5.32 Å². The van der Waals surface area contributed by atoms with Gasteiger partial charge in [-0.1, -0.05) is 23.7 Å². The second-order valence-electron chi connectivity index (χ2n) is 4.03. The van der Waals surface area contributed by atoms with Crippen molar-refractivity contribution in [2.75, 3.05) is 7.05 Å². The lowest BCUT2D eigenvalue weighted by Crippen LogP contribution is -2.42. The fourth-order valence-electron chi connectivity index (χ4n) is 1.95. The molecule has 1 saturated carbocycles. The van der Waals surface area contributed by atoms with E-state index in [0.29, 0.717) is 11.1 Å². The zero-order chi connectivity index (χ0) is 10.8. The third kappa shape index (κ3) is 2.21. The summed E-state index contributed by atoms with van der Waals surface area (Å²) in [6.07, 6.45) is 1.89. The number of hydrogen-bond donors (Lipinski definition) is 1. The van der Waals surface area contributed by atoms with E-state index in [-0.39, 0.29) is 11.7 Å². The number of carbonyl (C=O) groups is 1. The first-order valence-electron chi connectivity index (χ1n) is 5.17. The quantitative estimate of drug-likeness (QED) is 0.798. The summed E-state index contributed by atoms with van der Waals surface area (Å²) in [6, 6.07) is 7.70. The van der Waals surface area contributed by atoms with Gasteiger partial charge in [-0.05, 0) is 32.0 Å². The van der Waals surface area contributed by atoms with Gasteiger partial charge in [0.15, 0.2) is 5.78 Å². The molecule has 1 fully saturated rings. The van der Waals surface area contributed by atoms with Gasteiger partial charge in [0.25, 0.3) is 0 Å². The van der Waals surface area contributed by atoms with E-state index in [4.69, 9.17) is 11.6 Å². The summed E-state index contributed by atoms with van der Waals surface area (Å²) in [7, 11) is 1.94.